The van der Waals surface area contributed by atoms with Crippen LogP contribution in [0, 0.1) is 5.82 Å². The van der Waals surface area contributed by atoms with Crippen LogP contribution < -0.4 is 4.74 Å². The number of halogens is 1. The highest BCUT2D eigenvalue weighted by atomic mass is 19.1. The lowest BCUT2D eigenvalue weighted by atomic mass is 10.0. The van der Waals surface area contributed by atoms with Crippen LogP contribution in [0.25, 0.3) is 11.3 Å². The Bertz CT molecular complexity index is 755. The summed E-state index contributed by atoms with van der Waals surface area (Å²) in [6.07, 6.45) is 0.747. The fraction of sp³-hybridized carbons (Fsp3) is 0.375. The van der Waals surface area contributed by atoms with Crippen molar-refractivity contribution in [2.24, 2.45) is 0 Å². The van der Waals surface area contributed by atoms with Gasteiger partial charge in [-0.05, 0) is 31.8 Å². The van der Waals surface area contributed by atoms with Crippen molar-refractivity contribution in [2.75, 3.05) is 20.7 Å². The van der Waals surface area contributed by atoms with E-state index in [-0.39, 0.29) is 22.7 Å². The second-order valence-corrected chi connectivity index (χ2v) is 5.81. The molecule has 7 heteroatoms. The van der Waals surface area contributed by atoms with Crippen molar-refractivity contribution < 1.29 is 19.0 Å². The number of hydrogen-bond acceptors (Lipinski definition) is 4. The molecule has 0 atom stereocenters. The van der Waals surface area contributed by atoms with E-state index < -0.39 is 11.8 Å². The zero-order valence-corrected chi connectivity index (χ0v) is 13.0. The van der Waals surface area contributed by atoms with Crippen molar-refractivity contribution in [1.82, 2.24) is 14.7 Å². The van der Waals surface area contributed by atoms with Gasteiger partial charge in [-0.3, -0.25) is 0 Å². The summed E-state index contributed by atoms with van der Waals surface area (Å²) in [5.41, 5.74) is 1.02. The summed E-state index contributed by atoms with van der Waals surface area (Å²) >= 11 is 0. The fourth-order valence-electron chi connectivity index (χ4n) is 2.72. The Balaban J connectivity index is 2.08. The summed E-state index contributed by atoms with van der Waals surface area (Å²) in [6, 6.07) is 4.78. The normalized spacial score (nSPS) is 13.7. The Hall–Kier alpha value is -2.41. The quantitative estimate of drug-likeness (QED) is 0.936. The van der Waals surface area contributed by atoms with Crippen LogP contribution in [0.15, 0.2) is 18.2 Å². The highest BCUT2D eigenvalue weighted by molar-refractivity contribution is 5.97. The number of carbonyl (C=O) groups is 1. The van der Waals surface area contributed by atoms with Crippen LogP contribution in [0.3, 0.4) is 0 Å². The molecule has 3 rings (SSSR count). The highest BCUT2D eigenvalue weighted by Gasteiger charge is 2.29. The molecule has 0 spiro atoms. The average Bonchev–Trinajstić information content (AvgIpc) is 2.85. The van der Waals surface area contributed by atoms with Crippen LogP contribution in [-0.4, -0.2) is 46.5 Å². The average molecular weight is 319 g/mol. The second-order valence-electron chi connectivity index (χ2n) is 5.81. The van der Waals surface area contributed by atoms with Crippen LogP contribution in [-0.2, 0) is 13.1 Å². The van der Waals surface area contributed by atoms with Gasteiger partial charge in [-0.1, -0.05) is 6.07 Å². The number of carboxylic acid groups (broad SMARTS) is 1. The standard InChI is InChI=1S/C16H18FN3O3/c1-19(2)9-10-4-5-11(12(17)8-10)14-13(16(21)22)15-20(18-14)6-3-7-23-15/h4-5,8H,3,6-7,9H2,1-2H3,(H,21,22). The van der Waals surface area contributed by atoms with Gasteiger partial charge in [0.2, 0.25) is 5.88 Å². The third-order valence-electron chi connectivity index (χ3n) is 3.66. The minimum Gasteiger partial charge on any atom is -0.477 e. The summed E-state index contributed by atoms with van der Waals surface area (Å²) in [6.45, 7) is 1.61. The van der Waals surface area contributed by atoms with Gasteiger partial charge < -0.3 is 14.7 Å². The Morgan fingerprint density at radius 2 is 2.26 bits per heavy atom. The molecule has 23 heavy (non-hydrogen) atoms. The molecule has 1 aliphatic rings. The Morgan fingerprint density at radius 3 is 2.91 bits per heavy atom. The maximum Gasteiger partial charge on any atom is 0.343 e. The van der Waals surface area contributed by atoms with Crippen LogP contribution >= 0.6 is 0 Å². The van der Waals surface area contributed by atoms with E-state index in [1.807, 2.05) is 19.0 Å². The van der Waals surface area contributed by atoms with Gasteiger partial charge in [0.25, 0.3) is 0 Å². The Morgan fingerprint density at radius 1 is 1.48 bits per heavy atom. The largest absolute Gasteiger partial charge is 0.477 e. The number of ether oxygens (including phenoxy) is 1. The summed E-state index contributed by atoms with van der Waals surface area (Å²) in [7, 11) is 3.80. The number of aromatic carboxylic acids is 1. The first-order valence-electron chi connectivity index (χ1n) is 7.38. The van der Waals surface area contributed by atoms with Crippen LogP contribution in [0.4, 0.5) is 4.39 Å². The van der Waals surface area contributed by atoms with E-state index in [1.165, 1.54) is 10.7 Å². The highest BCUT2D eigenvalue weighted by Crippen LogP contribution is 2.34. The Labute approximate surface area is 133 Å². The molecular formula is C16H18FN3O3. The monoisotopic (exact) mass is 319 g/mol. The predicted molar refractivity (Wildman–Crippen MR) is 82.1 cm³/mol. The first-order chi connectivity index (χ1) is 11.0. The summed E-state index contributed by atoms with van der Waals surface area (Å²) in [5, 5.41) is 13.7. The molecule has 1 aromatic carbocycles. The van der Waals surface area contributed by atoms with Gasteiger partial charge in [0.15, 0.2) is 0 Å². The number of aromatic nitrogens is 2. The summed E-state index contributed by atoms with van der Waals surface area (Å²) < 4.78 is 21.4. The number of nitrogens with zero attached hydrogens (tertiary/aromatic N) is 3. The van der Waals surface area contributed by atoms with Crippen molar-refractivity contribution in [1.29, 1.82) is 0 Å². The zero-order chi connectivity index (χ0) is 16.6. The molecule has 0 bridgehead atoms. The molecule has 0 unspecified atom stereocenters. The lowest BCUT2D eigenvalue weighted by molar-refractivity contribution is 0.0690. The molecule has 0 saturated heterocycles. The van der Waals surface area contributed by atoms with E-state index in [0.717, 1.165) is 12.0 Å². The molecule has 1 N–H and O–H groups in total. The lowest BCUT2D eigenvalue weighted by Gasteiger charge is -2.14. The minimum atomic E-state index is -1.17. The van der Waals surface area contributed by atoms with E-state index in [1.54, 1.807) is 12.1 Å². The van der Waals surface area contributed by atoms with Gasteiger partial charge in [0.1, 0.15) is 17.1 Å². The number of aryl methyl sites for hydroxylation is 1. The number of hydrogen-bond donors (Lipinski definition) is 1. The third-order valence-corrected chi connectivity index (χ3v) is 3.66. The molecule has 6 nitrogen and oxygen atoms in total. The van der Waals surface area contributed by atoms with E-state index in [2.05, 4.69) is 5.10 Å². The molecule has 0 radical (unpaired) electrons. The summed E-state index contributed by atoms with van der Waals surface area (Å²) in [5.74, 6) is -1.45. The molecule has 0 fully saturated rings. The SMILES string of the molecule is CN(C)Cc1ccc(-c2nn3c(c2C(=O)O)OCCC3)c(F)c1. The molecule has 0 aliphatic carbocycles. The number of fused-ring (bicyclic) bond motifs is 1. The topological polar surface area (TPSA) is 67.6 Å². The number of benzene rings is 1. The van der Waals surface area contributed by atoms with Crippen molar-refractivity contribution in [2.45, 2.75) is 19.5 Å². The second kappa shape index (κ2) is 6.00. The van der Waals surface area contributed by atoms with E-state index in [9.17, 15) is 14.3 Å². The first-order valence-corrected chi connectivity index (χ1v) is 7.38. The van der Waals surface area contributed by atoms with E-state index in [4.69, 9.17) is 4.74 Å². The van der Waals surface area contributed by atoms with E-state index >= 15 is 0 Å². The minimum absolute atomic E-state index is 0.0797. The Kier molecular flexibility index (Phi) is 4.04. The molecule has 1 aliphatic heterocycles. The maximum atomic E-state index is 14.5. The molecule has 0 amide bonds. The first kappa shape index (κ1) is 15.5. The zero-order valence-electron chi connectivity index (χ0n) is 13.0. The third kappa shape index (κ3) is 2.92. The van der Waals surface area contributed by atoms with Crippen LogP contribution in [0.2, 0.25) is 0 Å². The van der Waals surface area contributed by atoms with Crippen molar-refractivity contribution in [3.05, 3.63) is 35.1 Å². The number of carboxylic acids is 1. The predicted octanol–water partition coefficient (Wildman–Crippen LogP) is 2.23. The fourth-order valence-corrected chi connectivity index (χ4v) is 2.72. The van der Waals surface area contributed by atoms with Gasteiger partial charge in [-0.15, -0.1) is 0 Å². The van der Waals surface area contributed by atoms with Gasteiger partial charge in [-0.2, -0.15) is 5.10 Å². The van der Waals surface area contributed by atoms with Crippen LogP contribution in [0.1, 0.15) is 22.3 Å². The van der Waals surface area contributed by atoms with Crippen molar-refractivity contribution in [3.8, 4) is 17.1 Å². The summed E-state index contributed by atoms with van der Waals surface area (Å²) in [4.78, 5) is 13.5. The molecule has 1 aromatic heterocycles. The van der Waals surface area contributed by atoms with Gasteiger partial charge >= 0.3 is 5.97 Å². The van der Waals surface area contributed by atoms with Gasteiger partial charge in [0.05, 0.1) is 6.61 Å². The molecule has 2 aromatic rings. The molecule has 0 saturated carbocycles. The van der Waals surface area contributed by atoms with Gasteiger partial charge in [-0.25, -0.2) is 13.9 Å². The molecule has 2 heterocycles. The van der Waals surface area contributed by atoms with Gasteiger partial charge in [0, 0.05) is 25.1 Å². The lowest BCUT2D eigenvalue weighted by Crippen LogP contribution is -2.16. The van der Waals surface area contributed by atoms with Crippen molar-refractivity contribution in [3.63, 3.8) is 0 Å². The molecule has 122 valence electrons. The van der Waals surface area contributed by atoms with Crippen molar-refractivity contribution >= 4 is 5.97 Å². The van der Waals surface area contributed by atoms with Crippen LogP contribution in [0.5, 0.6) is 5.88 Å². The number of rotatable bonds is 4. The smallest absolute Gasteiger partial charge is 0.343 e. The van der Waals surface area contributed by atoms with E-state index in [0.29, 0.717) is 19.7 Å². The molecular weight excluding hydrogens is 301 g/mol. The maximum absolute atomic E-state index is 14.5.